The van der Waals surface area contributed by atoms with Crippen molar-refractivity contribution in [3.63, 3.8) is 0 Å². The van der Waals surface area contributed by atoms with E-state index in [1.54, 1.807) is 7.11 Å². The van der Waals surface area contributed by atoms with Gasteiger partial charge in [-0.3, -0.25) is 9.59 Å². The monoisotopic (exact) mass is 420 g/mol. The first kappa shape index (κ1) is 21.4. The SMILES string of the molecule is COc1ccc(C2C(C(=O)NC(C)C)c3ccccc3C(=O)N2C2CCCCC2)cc1. The maximum Gasteiger partial charge on any atom is 0.254 e. The number of fused-ring (bicyclic) bond motifs is 1. The number of nitrogens with one attached hydrogen (secondary N) is 1. The molecule has 0 aromatic heterocycles. The third-order valence-electron chi connectivity index (χ3n) is 6.52. The van der Waals surface area contributed by atoms with Gasteiger partial charge in [-0.1, -0.05) is 49.6 Å². The van der Waals surface area contributed by atoms with Crippen molar-refractivity contribution in [2.24, 2.45) is 0 Å². The summed E-state index contributed by atoms with van der Waals surface area (Å²) in [5, 5.41) is 3.11. The maximum atomic E-state index is 13.8. The Morgan fingerprint density at radius 2 is 1.71 bits per heavy atom. The van der Waals surface area contributed by atoms with E-state index in [9.17, 15) is 9.59 Å². The van der Waals surface area contributed by atoms with Crippen LogP contribution in [0.1, 0.15) is 79.4 Å². The lowest BCUT2D eigenvalue weighted by molar-refractivity contribution is -0.125. The molecule has 2 aromatic carbocycles. The lowest BCUT2D eigenvalue weighted by Crippen LogP contribution is -2.52. The Labute approximate surface area is 184 Å². The average Bonchev–Trinajstić information content (AvgIpc) is 2.79. The predicted molar refractivity (Wildman–Crippen MR) is 121 cm³/mol. The largest absolute Gasteiger partial charge is 0.497 e. The minimum Gasteiger partial charge on any atom is -0.497 e. The summed E-state index contributed by atoms with van der Waals surface area (Å²) in [5.74, 6) is 0.318. The molecule has 4 rings (SSSR count). The van der Waals surface area contributed by atoms with Gasteiger partial charge in [0.2, 0.25) is 5.91 Å². The number of carbonyl (C=O) groups excluding carboxylic acids is 2. The molecule has 5 nitrogen and oxygen atoms in total. The van der Waals surface area contributed by atoms with E-state index in [0.717, 1.165) is 42.6 Å². The van der Waals surface area contributed by atoms with E-state index >= 15 is 0 Å². The van der Waals surface area contributed by atoms with Crippen molar-refractivity contribution in [1.82, 2.24) is 10.2 Å². The van der Waals surface area contributed by atoms with Gasteiger partial charge in [-0.25, -0.2) is 0 Å². The van der Waals surface area contributed by atoms with E-state index < -0.39 is 5.92 Å². The summed E-state index contributed by atoms with van der Waals surface area (Å²) >= 11 is 0. The second kappa shape index (κ2) is 9.13. The molecule has 1 saturated carbocycles. The number of hydrogen-bond acceptors (Lipinski definition) is 3. The Bertz CT molecular complexity index is 932. The van der Waals surface area contributed by atoms with Crippen molar-refractivity contribution in [1.29, 1.82) is 0 Å². The first-order valence-corrected chi connectivity index (χ1v) is 11.4. The van der Waals surface area contributed by atoms with Gasteiger partial charge < -0.3 is 15.0 Å². The van der Waals surface area contributed by atoms with E-state index in [1.807, 2.05) is 67.3 Å². The van der Waals surface area contributed by atoms with Gasteiger partial charge >= 0.3 is 0 Å². The fraction of sp³-hybridized carbons (Fsp3) is 0.462. The van der Waals surface area contributed by atoms with Crippen LogP contribution < -0.4 is 10.1 Å². The molecule has 1 aliphatic heterocycles. The molecule has 0 spiro atoms. The molecule has 0 radical (unpaired) electrons. The van der Waals surface area contributed by atoms with Crippen molar-refractivity contribution in [3.05, 3.63) is 65.2 Å². The Morgan fingerprint density at radius 1 is 1.03 bits per heavy atom. The number of nitrogens with zero attached hydrogens (tertiary/aromatic N) is 1. The summed E-state index contributed by atoms with van der Waals surface area (Å²) in [6.07, 6.45) is 5.42. The quantitative estimate of drug-likeness (QED) is 0.753. The molecule has 5 heteroatoms. The number of carbonyl (C=O) groups is 2. The van der Waals surface area contributed by atoms with Crippen LogP contribution in [0.2, 0.25) is 0 Å². The van der Waals surface area contributed by atoms with Crippen LogP contribution in [0.25, 0.3) is 0 Å². The van der Waals surface area contributed by atoms with Crippen LogP contribution in [-0.4, -0.2) is 35.9 Å². The summed E-state index contributed by atoms with van der Waals surface area (Å²) in [7, 11) is 1.64. The van der Waals surface area contributed by atoms with Gasteiger partial charge in [0, 0.05) is 17.6 Å². The Kier molecular flexibility index (Phi) is 6.30. The molecule has 1 N–H and O–H groups in total. The smallest absolute Gasteiger partial charge is 0.254 e. The lowest BCUT2D eigenvalue weighted by atomic mass is 9.77. The highest BCUT2D eigenvalue weighted by atomic mass is 16.5. The van der Waals surface area contributed by atoms with E-state index in [-0.39, 0.29) is 29.9 Å². The van der Waals surface area contributed by atoms with Gasteiger partial charge in [0.15, 0.2) is 0 Å². The Balaban J connectivity index is 1.87. The highest BCUT2D eigenvalue weighted by Gasteiger charge is 2.46. The molecule has 0 bridgehead atoms. The highest BCUT2D eigenvalue weighted by molar-refractivity contribution is 6.01. The number of rotatable bonds is 5. The number of hydrogen-bond donors (Lipinski definition) is 1. The molecule has 164 valence electrons. The first-order chi connectivity index (χ1) is 15.0. The maximum absolute atomic E-state index is 13.8. The summed E-state index contributed by atoms with van der Waals surface area (Å²) in [6, 6.07) is 15.3. The Hall–Kier alpha value is -2.82. The van der Waals surface area contributed by atoms with E-state index in [1.165, 1.54) is 6.42 Å². The Morgan fingerprint density at radius 3 is 2.35 bits per heavy atom. The summed E-state index contributed by atoms with van der Waals surface area (Å²) in [6.45, 7) is 3.94. The highest BCUT2D eigenvalue weighted by Crippen LogP contribution is 2.46. The normalized spacial score (nSPS) is 21.7. The van der Waals surface area contributed by atoms with Gasteiger partial charge in [-0.2, -0.15) is 0 Å². The minimum absolute atomic E-state index is 0.0249. The number of methoxy groups -OCH3 is 1. The first-order valence-electron chi connectivity index (χ1n) is 11.4. The number of ether oxygens (including phenoxy) is 1. The fourth-order valence-electron chi connectivity index (χ4n) is 5.12. The molecular weight excluding hydrogens is 388 g/mol. The molecule has 2 aromatic rings. The molecule has 1 aliphatic carbocycles. The van der Waals surface area contributed by atoms with Crippen molar-refractivity contribution in [2.45, 2.75) is 70.0 Å². The fourth-order valence-corrected chi connectivity index (χ4v) is 5.12. The van der Waals surface area contributed by atoms with Gasteiger partial charge in [-0.05, 0) is 56.0 Å². The van der Waals surface area contributed by atoms with Crippen LogP contribution in [0.5, 0.6) is 5.75 Å². The molecule has 2 atom stereocenters. The zero-order chi connectivity index (χ0) is 22.0. The minimum atomic E-state index is -0.452. The number of amides is 2. The van der Waals surface area contributed by atoms with Crippen molar-refractivity contribution >= 4 is 11.8 Å². The molecule has 31 heavy (non-hydrogen) atoms. The van der Waals surface area contributed by atoms with E-state index in [0.29, 0.717) is 5.56 Å². The van der Waals surface area contributed by atoms with Gasteiger partial charge in [0.1, 0.15) is 5.75 Å². The second-order valence-corrected chi connectivity index (χ2v) is 8.95. The van der Waals surface area contributed by atoms with E-state index in [2.05, 4.69) is 5.32 Å². The molecule has 0 saturated heterocycles. The van der Waals surface area contributed by atoms with Crippen molar-refractivity contribution in [2.75, 3.05) is 7.11 Å². The zero-order valence-corrected chi connectivity index (χ0v) is 18.6. The van der Waals surface area contributed by atoms with Gasteiger partial charge in [0.25, 0.3) is 5.91 Å². The molecule has 2 aliphatic rings. The van der Waals surface area contributed by atoms with Crippen LogP contribution in [0.3, 0.4) is 0 Å². The van der Waals surface area contributed by atoms with Crippen molar-refractivity contribution in [3.8, 4) is 5.75 Å². The van der Waals surface area contributed by atoms with Gasteiger partial charge in [-0.15, -0.1) is 0 Å². The number of benzene rings is 2. The van der Waals surface area contributed by atoms with Crippen LogP contribution in [0, 0.1) is 0 Å². The van der Waals surface area contributed by atoms with Crippen LogP contribution >= 0.6 is 0 Å². The summed E-state index contributed by atoms with van der Waals surface area (Å²) < 4.78 is 5.34. The molecule has 2 amide bonds. The zero-order valence-electron chi connectivity index (χ0n) is 18.6. The molecular formula is C26H32N2O3. The second-order valence-electron chi connectivity index (χ2n) is 8.95. The molecule has 1 fully saturated rings. The predicted octanol–water partition coefficient (Wildman–Crippen LogP) is 4.83. The standard InChI is InChI=1S/C26H32N2O3/c1-17(2)27-25(29)23-21-11-7-8-12-22(21)26(30)28(19-9-5-4-6-10-19)24(23)18-13-15-20(31-3)16-14-18/h7-8,11-17,19,23-24H,4-6,9-10H2,1-3H3,(H,27,29). The topological polar surface area (TPSA) is 58.6 Å². The average molecular weight is 421 g/mol. The molecule has 1 heterocycles. The van der Waals surface area contributed by atoms with Crippen LogP contribution in [0.15, 0.2) is 48.5 Å². The third-order valence-corrected chi connectivity index (χ3v) is 6.52. The summed E-state index contributed by atoms with van der Waals surface area (Å²) in [4.78, 5) is 29.3. The van der Waals surface area contributed by atoms with Gasteiger partial charge in [0.05, 0.1) is 19.1 Å². The summed E-state index contributed by atoms with van der Waals surface area (Å²) in [5.41, 5.74) is 2.44. The third kappa shape index (κ3) is 4.18. The van der Waals surface area contributed by atoms with Crippen molar-refractivity contribution < 1.29 is 14.3 Å². The van der Waals surface area contributed by atoms with Crippen LogP contribution in [0.4, 0.5) is 0 Å². The van der Waals surface area contributed by atoms with E-state index in [4.69, 9.17) is 4.74 Å². The molecule has 2 unspecified atom stereocenters. The van der Waals surface area contributed by atoms with Crippen LogP contribution in [-0.2, 0) is 4.79 Å². The lowest BCUT2D eigenvalue weighted by Gasteiger charge is -2.47.